The molecular weight excluding hydrogens is 271 g/mol. The Morgan fingerprint density at radius 3 is 2.75 bits per heavy atom. The highest BCUT2D eigenvalue weighted by molar-refractivity contribution is 9.10. The van der Waals surface area contributed by atoms with E-state index in [0.29, 0.717) is 28.2 Å². The van der Waals surface area contributed by atoms with Crippen molar-refractivity contribution in [2.75, 3.05) is 5.32 Å². The fraction of sp³-hybridized carbons (Fsp3) is 0.583. The molecule has 0 aliphatic heterocycles. The molecule has 0 spiro atoms. The van der Waals surface area contributed by atoms with Crippen LogP contribution >= 0.6 is 15.9 Å². The van der Waals surface area contributed by atoms with Crippen LogP contribution in [0.4, 0.5) is 10.2 Å². The summed E-state index contributed by atoms with van der Waals surface area (Å²) in [6, 6.07) is 1.79. The summed E-state index contributed by atoms with van der Waals surface area (Å²) in [5, 5.41) is 3.21. The Kier molecular flexibility index (Phi) is 3.47. The van der Waals surface area contributed by atoms with Gasteiger partial charge in [0.25, 0.3) is 0 Å². The molecule has 1 N–H and O–H groups in total. The predicted molar refractivity (Wildman–Crippen MR) is 66.9 cm³/mol. The van der Waals surface area contributed by atoms with Gasteiger partial charge in [0, 0.05) is 16.7 Å². The monoisotopic (exact) mass is 286 g/mol. The second kappa shape index (κ2) is 4.70. The van der Waals surface area contributed by atoms with E-state index in [-0.39, 0.29) is 5.82 Å². The van der Waals surface area contributed by atoms with E-state index >= 15 is 0 Å². The number of hydrogen-bond acceptors (Lipinski definition) is 2. The van der Waals surface area contributed by atoms with Gasteiger partial charge in [0.05, 0.1) is 0 Å². The molecule has 0 bridgehead atoms. The lowest BCUT2D eigenvalue weighted by Gasteiger charge is -2.20. The average Bonchev–Trinajstić information content (AvgIpc) is 2.54. The first-order valence-electron chi connectivity index (χ1n) is 5.65. The minimum absolute atomic E-state index is 0.291. The van der Waals surface area contributed by atoms with Crippen molar-refractivity contribution in [2.45, 2.75) is 32.7 Å². The third-order valence-electron chi connectivity index (χ3n) is 3.60. The zero-order valence-electron chi connectivity index (χ0n) is 9.50. The summed E-state index contributed by atoms with van der Waals surface area (Å²) in [5.41, 5.74) is 0. The van der Waals surface area contributed by atoms with Crippen molar-refractivity contribution in [1.82, 2.24) is 4.98 Å². The van der Waals surface area contributed by atoms with Gasteiger partial charge in [-0.15, -0.1) is 0 Å². The third kappa shape index (κ3) is 2.37. The van der Waals surface area contributed by atoms with Crippen LogP contribution in [0, 0.1) is 17.7 Å². The van der Waals surface area contributed by atoms with Crippen LogP contribution < -0.4 is 5.32 Å². The number of nitrogens with one attached hydrogen (secondary N) is 1. The molecule has 1 aromatic heterocycles. The number of halogens is 2. The second-order valence-electron chi connectivity index (χ2n) is 4.65. The van der Waals surface area contributed by atoms with Gasteiger partial charge >= 0.3 is 0 Å². The van der Waals surface area contributed by atoms with Crippen LogP contribution in [0.1, 0.15) is 26.7 Å². The zero-order valence-corrected chi connectivity index (χ0v) is 11.1. The number of nitrogens with zero attached hydrogens (tertiary/aromatic N) is 1. The molecule has 0 radical (unpaired) electrons. The van der Waals surface area contributed by atoms with Crippen molar-refractivity contribution in [1.29, 1.82) is 0 Å². The van der Waals surface area contributed by atoms with Gasteiger partial charge in [-0.2, -0.15) is 0 Å². The maximum absolute atomic E-state index is 13.6. The number of hydrogen-bond donors (Lipinski definition) is 1. The zero-order chi connectivity index (χ0) is 11.7. The lowest BCUT2D eigenvalue weighted by Crippen LogP contribution is -2.25. The maximum atomic E-state index is 13.6. The van der Waals surface area contributed by atoms with Gasteiger partial charge < -0.3 is 5.32 Å². The standard InChI is InChI=1S/C12H16BrFN2/c1-7-3-4-11(8(7)2)16-12-10(14)5-9(13)6-15-12/h5-8,11H,3-4H2,1-2H3,(H,15,16). The van der Waals surface area contributed by atoms with Crippen LogP contribution in [-0.2, 0) is 0 Å². The number of pyridine rings is 1. The summed E-state index contributed by atoms with van der Waals surface area (Å²) >= 11 is 3.20. The van der Waals surface area contributed by atoms with Crippen molar-refractivity contribution in [3.05, 3.63) is 22.6 Å². The van der Waals surface area contributed by atoms with Crippen LogP contribution in [0.2, 0.25) is 0 Å². The molecule has 1 aromatic rings. The Morgan fingerprint density at radius 2 is 2.19 bits per heavy atom. The van der Waals surface area contributed by atoms with Crippen molar-refractivity contribution >= 4 is 21.7 Å². The average molecular weight is 287 g/mol. The molecule has 2 nitrogen and oxygen atoms in total. The summed E-state index contributed by atoms with van der Waals surface area (Å²) in [7, 11) is 0. The SMILES string of the molecule is CC1CCC(Nc2ncc(Br)cc2F)C1C. The first-order chi connectivity index (χ1) is 7.58. The minimum Gasteiger partial charge on any atom is -0.365 e. The Bertz CT molecular complexity index is 383. The van der Waals surface area contributed by atoms with E-state index in [1.54, 1.807) is 6.20 Å². The van der Waals surface area contributed by atoms with E-state index in [1.807, 2.05) is 0 Å². The van der Waals surface area contributed by atoms with Gasteiger partial charge in [0.15, 0.2) is 11.6 Å². The molecule has 4 heteroatoms. The summed E-state index contributed by atoms with van der Waals surface area (Å²) in [4.78, 5) is 4.07. The van der Waals surface area contributed by atoms with Crippen LogP contribution in [0.25, 0.3) is 0 Å². The number of rotatable bonds is 2. The van der Waals surface area contributed by atoms with Gasteiger partial charge in [-0.25, -0.2) is 9.37 Å². The van der Waals surface area contributed by atoms with Gasteiger partial charge in [0.2, 0.25) is 0 Å². The summed E-state index contributed by atoms with van der Waals surface area (Å²) in [5.74, 6) is 1.36. The van der Waals surface area contributed by atoms with Crippen LogP contribution in [0.3, 0.4) is 0 Å². The molecule has 3 atom stereocenters. The molecule has 3 unspecified atom stereocenters. The summed E-state index contributed by atoms with van der Waals surface area (Å²) < 4.78 is 14.2. The summed E-state index contributed by atoms with van der Waals surface area (Å²) in [6.07, 6.45) is 3.92. The first-order valence-corrected chi connectivity index (χ1v) is 6.45. The van der Waals surface area contributed by atoms with E-state index in [1.165, 1.54) is 12.5 Å². The van der Waals surface area contributed by atoms with Gasteiger partial charge in [-0.05, 0) is 46.7 Å². The van der Waals surface area contributed by atoms with Crippen molar-refractivity contribution in [2.24, 2.45) is 11.8 Å². The van der Waals surface area contributed by atoms with Gasteiger partial charge in [-0.3, -0.25) is 0 Å². The lowest BCUT2D eigenvalue weighted by atomic mass is 9.98. The Hall–Kier alpha value is -0.640. The van der Waals surface area contributed by atoms with Crippen LogP contribution in [0.5, 0.6) is 0 Å². The van der Waals surface area contributed by atoms with E-state index in [0.717, 1.165) is 6.42 Å². The molecule has 2 rings (SSSR count). The van der Waals surface area contributed by atoms with Crippen molar-refractivity contribution < 1.29 is 4.39 Å². The predicted octanol–water partition coefficient (Wildman–Crippen LogP) is 3.83. The third-order valence-corrected chi connectivity index (χ3v) is 4.03. The van der Waals surface area contributed by atoms with Crippen molar-refractivity contribution in [3.63, 3.8) is 0 Å². The molecule has 88 valence electrons. The second-order valence-corrected chi connectivity index (χ2v) is 5.56. The first kappa shape index (κ1) is 11.8. The lowest BCUT2D eigenvalue weighted by molar-refractivity contribution is 0.434. The molecule has 1 fully saturated rings. The number of aromatic nitrogens is 1. The van der Waals surface area contributed by atoms with Crippen LogP contribution in [0.15, 0.2) is 16.7 Å². The smallest absolute Gasteiger partial charge is 0.166 e. The minimum atomic E-state index is -0.291. The summed E-state index contributed by atoms with van der Waals surface area (Å²) in [6.45, 7) is 4.46. The van der Waals surface area contributed by atoms with Gasteiger partial charge in [0.1, 0.15) is 0 Å². The molecule has 0 saturated heterocycles. The molecular formula is C12H16BrFN2. The Morgan fingerprint density at radius 1 is 1.44 bits per heavy atom. The Labute approximate surface area is 104 Å². The van der Waals surface area contributed by atoms with E-state index in [2.05, 4.69) is 40.1 Å². The van der Waals surface area contributed by atoms with E-state index in [4.69, 9.17) is 0 Å². The highest BCUT2D eigenvalue weighted by Crippen LogP contribution is 2.33. The molecule has 16 heavy (non-hydrogen) atoms. The fourth-order valence-electron chi connectivity index (χ4n) is 2.26. The highest BCUT2D eigenvalue weighted by atomic mass is 79.9. The fourth-order valence-corrected chi connectivity index (χ4v) is 2.57. The molecule has 0 aromatic carbocycles. The van der Waals surface area contributed by atoms with Crippen molar-refractivity contribution in [3.8, 4) is 0 Å². The molecule has 1 heterocycles. The quantitative estimate of drug-likeness (QED) is 0.894. The molecule has 1 saturated carbocycles. The molecule has 0 amide bonds. The molecule has 1 aliphatic rings. The largest absolute Gasteiger partial charge is 0.365 e. The van der Waals surface area contributed by atoms with Gasteiger partial charge in [-0.1, -0.05) is 13.8 Å². The van der Waals surface area contributed by atoms with E-state index < -0.39 is 0 Å². The Balaban J connectivity index is 2.09. The van der Waals surface area contributed by atoms with E-state index in [9.17, 15) is 4.39 Å². The molecule has 1 aliphatic carbocycles. The number of anilines is 1. The topological polar surface area (TPSA) is 24.9 Å². The highest BCUT2D eigenvalue weighted by Gasteiger charge is 2.30. The van der Waals surface area contributed by atoms with Crippen LogP contribution in [-0.4, -0.2) is 11.0 Å². The maximum Gasteiger partial charge on any atom is 0.166 e. The normalized spacial score (nSPS) is 29.4.